The van der Waals surface area contributed by atoms with Crippen LogP contribution in [0.4, 0.5) is 36.4 Å². The summed E-state index contributed by atoms with van der Waals surface area (Å²) in [7, 11) is 0. The van der Waals surface area contributed by atoms with Crippen LogP contribution in [0.3, 0.4) is 0 Å². The van der Waals surface area contributed by atoms with Gasteiger partial charge in [-0.25, -0.2) is 4.39 Å². The van der Waals surface area contributed by atoms with Crippen molar-refractivity contribution in [3.8, 4) is 0 Å². The van der Waals surface area contributed by atoms with Gasteiger partial charge in [0.25, 0.3) is 0 Å². The van der Waals surface area contributed by atoms with E-state index >= 15 is 0 Å². The molecule has 2 aromatic rings. The number of alkyl halides is 6. The molecule has 0 unspecified atom stereocenters. The number of hydrogen-bond acceptors (Lipinski definition) is 1. The van der Waals surface area contributed by atoms with Gasteiger partial charge < -0.3 is 0 Å². The van der Waals surface area contributed by atoms with Crippen LogP contribution in [0.1, 0.15) is 23.6 Å². The van der Waals surface area contributed by atoms with E-state index in [1.165, 1.54) is 25.1 Å². The number of hydrogen-bond donors (Lipinski definition) is 0. The first kappa shape index (κ1) is 18.0. The summed E-state index contributed by atoms with van der Waals surface area (Å²) in [6.45, 7) is 1.22. The summed E-state index contributed by atoms with van der Waals surface area (Å²) in [5.41, 5.74) is -3.78. The molecule has 0 aliphatic rings. The van der Waals surface area contributed by atoms with Gasteiger partial charge in [0, 0.05) is 11.3 Å². The lowest BCUT2D eigenvalue weighted by Crippen LogP contribution is -2.10. The highest BCUT2D eigenvalue weighted by Gasteiger charge is 2.37. The van der Waals surface area contributed by atoms with E-state index in [2.05, 4.69) is 4.99 Å². The Labute approximate surface area is 132 Å². The van der Waals surface area contributed by atoms with Crippen molar-refractivity contribution >= 4 is 11.4 Å². The van der Waals surface area contributed by atoms with E-state index in [-0.39, 0.29) is 11.3 Å². The van der Waals surface area contributed by atoms with Gasteiger partial charge in [-0.3, -0.25) is 4.99 Å². The first-order chi connectivity index (χ1) is 11.0. The highest BCUT2D eigenvalue weighted by molar-refractivity contribution is 6.00. The maximum absolute atomic E-state index is 13.7. The first-order valence-electron chi connectivity index (χ1n) is 6.59. The molecule has 0 amide bonds. The van der Waals surface area contributed by atoms with Gasteiger partial charge in [-0.2, -0.15) is 26.3 Å². The molecule has 0 aromatic heterocycles. The topological polar surface area (TPSA) is 12.4 Å². The Hall–Kier alpha value is -2.38. The molecule has 128 valence electrons. The molecule has 0 N–H and O–H groups in total. The van der Waals surface area contributed by atoms with E-state index in [1.807, 2.05) is 0 Å². The van der Waals surface area contributed by atoms with Gasteiger partial charge in [-0.15, -0.1) is 0 Å². The number of rotatable bonds is 2. The summed E-state index contributed by atoms with van der Waals surface area (Å²) in [5.74, 6) is -0.737. The summed E-state index contributed by atoms with van der Waals surface area (Å²) in [6, 6.07) is 6.11. The van der Waals surface area contributed by atoms with Gasteiger partial charge in [0.05, 0.1) is 16.8 Å². The van der Waals surface area contributed by atoms with Crippen LogP contribution in [-0.2, 0) is 12.4 Å². The molecule has 0 bridgehead atoms. The average molecular weight is 349 g/mol. The van der Waals surface area contributed by atoms with E-state index in [1.54, 1.807) is 0 Å². The minimum absolute atomic E-state index is 0.0944. The predicted octanol–water partition coefficient (Wildman–Crippen LogP) is 6.00. The molecule has 0 aliphatic carbocycles. The van der Waals surface area contributed by atoms with Crippen molar-refractivity contribution < 1.29 is 30.7 Å². The zero-order valence-electron chi connectivity index (χ0n) is 12.1. The molecule has 0 atom stereocenters. The minimum Gasteiger partial charge on any atom is -0.252 e. The highest BCUT2D eigenvalue weighted by atomic mass is 19.4. The molecule has 1 nitrogen and oxygen atoms in total. The molecule has 0 fully saturated rings. The minimum atomic E-state index is -4.89. The molecule has 2 rings (SSSR count). The largest absolute Gasteiger partial charge is 0.418 e. The van der Waals surface area contributed by atoms with Crippen LogP contribution in [-0.4, -0.2) is 5.71 Å². The average Bonchev–Trinajstić information content (AvgIpc) is 2.45. The quantitative estimate of drug-likeness (QED) is 0.465. The summed E-state index contributed by atoms with van der Waals surface area (Å²) in [5, 5.41) is 0. The Morgan fingerprint density at radius 3 is 2.04 bits per heavy atom. The van der Waals surface area contributed by atoms with Gasteiger partial charge in [0.2, 0.25) is 0 Å². The standard InChI is InChI=1S/C16H10F7N/c1-9(11-4-2-3-5-13(11)17)24-14-8-10(15(18,19)20)6-7-12(14)16(21,22)23/h2-8H,1H3. The molecule has 0 aliphatic heterocycles. The van der Waals surface area contributed by atoms with Gasteiger partial charge >= 0.3 is 12.4 Å². The Balaban J connectivity index is 2.62. The fourth-order valence-corrected chi connectivity index (χ4v) is 2.04. The zero-order valence-corrected chi connectivity index (χ0v) is 12.1. The smallest absolute Gasteiger partial charge is 0.252 e. The number of aliphatic imine (C=N–C) groups is 1. The lowest BCUT2D eigenvalue weighted by atomic mass is 10.1. The van der Waals surface area contributed by atoms with Crippen molar-refractivity contribution in [1.29, 1.82) is 0 Å². The number of halogens is 7. The van der Waals surface area contributed by atoms with Crippen LogP contribution in [0.15, 0.2) is 47.5 Å². The lowest BCUT2D eigenvalue weighted by molar-refractivity contribution is -0.140. The Morgan fingerprint density at radius 1 is 0.875 bits per heavy atom. The van der Waals surface area contributed by atoms with Gasteiger partial charge in [0.15, 0.2) is 0 Å². The lowest BCUT2D eigenvalue weighted by Gasteiger charge is -2.14. The highest BCUT2D eigenvalue weighted by Crippen LogP contribution is 2.40. The molecule has 8 heteroatoms. The first-order valence-corrected chi connectivity index (χ1v) is 6.59. The van der Waals surface area contributed by atoms with Crippen LogP contribution in [0.2, 0.25) is 0 Å². The summed E-state index contributed by atoms with van der Waals surface area (Å²) in [6.07, 6.45) is -9.71. The fraction of sp³-hybridized carbons (Fsp3) is 0.188. The van der Waals surface area contributed by atoms with Crippen molar-refractivity contribution in [2.75, 3.05) is 0 Å². The maximum atomic E-state index is 13.7. The van der Waals surface area contributed by atoms with Crippen LogP contribution in [0, 0.1) is 5.82 Å². The van der Waals surface area contributed by atoms with Crippen molar-refractivity contribution in [2.24, 2.45) is 4.99 Å². The molecule has 24 heavy (non-hydrogen) atoms. The Bertz CT molecular complexity index is 773. The Kier molecular flexibility index (Phi) is 4.68. The second kappa shape index (κ2) is 6.26. The molecule has 0 saturated heterocycles. The third-order valence-electron chi connectivity index (χ3n) is 3.18. The molecular formula is C16H10F7N. The SMILES string of the molecule is CC(=Nc1cc(C(F)(F)F)ccc1C(F)(F)F)c1ccccc1F. The third-order valence-corrected chi connectivity index (χ3v) is 3.18. The van der Waals surface area contributed by atoms with Crippen molar-refractivity contribution in [3.63, 3.8) is 0 Å². The maximum Gasteiger partial charge on any atom is 0.418 e. The predicted molar refractivity (Wildman–Crippen MR) is 74.7 cm³/mol. The van der Waals surface area contributed by atoms with Crippen LogP contribution < -0.4 is 0 Å². The second-order valence-electron chi connectivity index (χ2n) is 4.90. The van der Waals surface area contributed by atoms with Gasteiger partial charge in [-0.1, -0.05) is 18.2 Å². The third kappa shape index (κ3) is 3.93. The molecule has 0 radical (unpaired) electrons. The van der Waals surface area contributed by atoms with Crippen molar-refractivity contribution in [1.82, 2.24) is 0 Å². The van der Waals surface area contributed by atoms with Crippen LogP contribution in [0.5, 0.6) is 0 Å². The second-order valence-corrected chi connectivity index (χ2v) is 4.90. The summed E-state index contributed by atoms with van der Waals surface area (Å²) in [4.78, 5) is 3.59. The summed E-state index contributed by atoms with van der Waals surface area (Å²) < 4.78 is 90.8. The Morgan fingerprint density at radius 2 is 1.50 bits per heavy atom. The van der Waals surface area contributed by atoms with Crippen molar-refractivity contribution in [3.05, 3.63) is 65.0 Å². The van der Waals surface area contributed by atoms with Gasteiger partial charge in [0.1, 0.15) is 5.82 Å². The van der Waals surface area contributed by atoms with Gasteiger partial charge in [-0.05, 0) is 31.2 Å². The monoisotopic (exact) mass is 349 g/mol. The molecular weight excluding hydrogens is 339 g/mol. The fourth-order valence-electron chi connectivity index (χ4n) is 2.04. The van der Waals surface area contributed by atoms with E-state index < -0.39 is 35.0 Å². The van der Waals surface area contributed by atoms with E-state index in [4.69, 9.17) is 0 Å². The normalized spacial score (nSPS) is 13.2. The van der Waals surface area contributed by atoms with Crippen LogP contribution in [0.25, 0.3) is 0 Å². The van der Waals surface area contributed by atoms with E-state index in [0.717, 1.165) is 6.07 Å². The zero-order chi connectivity index (χ0) is 18.1. The van der Waals surface area contributed by atoms with Crippen LogP contribution >= 0.6 is 0 Å². The van der Waals surface area contributed by atoms with Crippen molar-refractivity contribution in [2.45, 2.75) is 19.3 Å². The molecule has 2 aromatic carbocycles. The molecule has 0 heterocycles. The number of benzene rings is 2. The number of nitrogens with zero attached hydrogens (tertiary/aromatic N) is 1. The molecule has 0 saturated carbocycles. The molecule has 0 spiro atoms. The van der Waals surface area contributed by atoms with E-state index in [9.17, 15) is 30.7 Å². The van der Waals surface area contributed by atoms with E-state index in [0.29, 0.717) is 18.2 Å². The summed E-state index contributed by atoms with van der Waals surface area (Å²) >= 11 is 0.